The van der Waals surface area contributed by atoms with E-state index in [1.807, 2.05) is 12.1 Å². The zero-order valence-corrected chi connectivity index (χ0v) is 10.5. The van der Waals surface area contributed by atoms with Crippen LogP contribution in [0.25, 0.3) is 16.8 Å². The van der Waals surface area contributed by atoms with Crippen LogP contribution in [0, 0.1) is 0 Å². The second-order valence-corrected chi connectivity index (χ2v) is 3.79. The highest BCUT2D eigenvalue weighted by Gasteiger charge is 2.08. The van der Waals surface area contributed by atoms with E-state index in [9.17, 15) is 0 Å². The van der Waals surface area contributed by atoms with Crippen molar-refractivity contribution in [1.82, 2.24) is 15.0 Å². The first kappa shape index (κ1) is 12.7. The molecule has 2 aromatic rings. The van der Waals surface area contributed by atoms with Crippen molar-refractivity contribution in [1.29, 1.82) is 0 Å². The van der Waals surface area contributed by atoms with Crippen molar-refractivity contribution in [3.8, 4) is 11.3 Å². The molecule has 0 bridgehead atoms. The SMILES string of the molecule is C=C/C=C(\C=C)c1nc(-c2cccnc2)cnc1N. The maximum absolute atomic E-state index is 5.86. The van der Waals surface area contributed by atoms with Crippen LogP contribution in [0.4, 0.5) is 5.82 Å². The van der Waals surface area contributed by atoms with Gasteiger partial charge in [0.2, 0.25) is 0 Å². The monoisotopic (exact) mass is 250 g/mol. The summed E-state index contributed by atoms with van der Waals surface area (Å²) in [7, 11) is 0. The van der Waals surface area contributed by atoms with Gasteiger partial charge in [0.1, 0.15) is 11.5 Å². The zero-order chi connectivity index (χ0) is 13.7. The molecule has 0 fully saturated rings. The Kier molecular flexibility index (Phi) is 3.83. The van der Waals surface area contributed by atoms with E-state index in [0.717, 1.165) is 11.1 Å². The number of aromatic nitrogens is 3. The third-order valence-corrected chi connectivity index (χ3v) is 2.55. The molecule has 0 aliphatic rings. The van der Waals surface area contributed by atoms with Crippen LogP contribution in [-0.4, -0.2) is 15.0 Å². The lowest BCUT2D eigenvalue weighted by atomic mass is 10.1. The molecule has 0 amide bonds. The molecule has 4 nitrogen and oxygen atoms in total. The summed E-state index contributed by atoms with van der Waals surface area (Å²) in [6.07, 6.45) is 10.2. The molecule has 0 radical (unpaired) electrons. The maximum atomic E-state index is 5.86. The molecule has 0 aliphatic carbocycles. The smallest absolute Gasteiger partial charge is 0.150 e. The van der Waals surface area contributed by atoms with E-state index in [2.05, 4.69) is 28.1 Å². The van der Waals surface area contributed by atoms with Crippen LogP contribution in [0.2, 0.25) is 0 Å². The summed E-state index contributed by atoms with van der Waals surface area (Å²) in [5.74, 6) is 0.362. The summed E-state index contributed by atoms with van der Waals surface area (Å²) in [6.45, 7) is 7.41. The number of pyridine rings is 1. The van der Waals surface area contributed by atoms with Crippen LogP contribution in [0.5, 0.6) is 0 Å². The van der Waals surface area contributed by atoms with Crippen molar-refractivity contribution in [3.63, 3.8) is 0 Å². The van der Waals surface area contributed by atoms with E-state index in [0.29, 0.717) is 17.2 Å². The predicted octanol–water partition coefficient (Wildman–Crippen LogP) is 2.88. The van der Waals surface area contributed by atoms with Gasteiger partial charge in [-0.15, -0.1) is 0 Å². The number of nitrogens with zero attached hydrogens (tertiary/aromatic N) is 3. The van der Waals surface area contributed by atoms with Gasteiger partial charge >= 0.3 is 0 Å². The second kappa shape index (κ2) is 5.73. The van der Waals surface area contributed by atoms with Gasteiger partial charge in [-0.3, -0.25) is 4.98 Å². The molecular formula is C15H14N4. The topological polar surface area (TPSA) is 64.7 Å². The van der Waals surface area contributed by atoms with Gasteiger partial charge in [-0.2, -0.15) is 0 Å². The van der Waals surface area contributed by atoms with Crippen molar-refractivity contribution >= 4 is 11.4 Å². The lowest BCUT2D eigenvalue weighted by Crippen LogP contribution is -2.01. The van der Waals surface area contributed by atoms with Gasteiger partial charge in [0.25, 0.3) is 0 Å². The standard InChI is InChI=1S/C15H14N4/c1-3-6-11(4-2)14-15(16)18-10-13(19-14)12-7-5-8-17-9-12/h3-10H,1-2H2,(H2,16,18)/b11-6+. The molecule has 0 atom stereocenters. The molecule has 2 aromatic heterocycles. The van der Waals surface area contributed by atoms with Crippen molar-refractivity contribution in [2.24, 2.45) is 0 Å². The highest BCUT2D eigenvalue weighted by molar-refractivity contribution is 5.79. The maximum Gasteiger partial charge on any atom is 0.150 e. The van der Waals surface area contributed by atoms with E-state index >= 15 is 0 Å². The Morgan fingerprint density at radius 1 is 1.26 bits per heavy atom. The van der Waals surface area contributed by atoms with Crippen LogP contribution in [-0.2, 0) is 0 Å². The molecule has 0 unspecified atom stereocenters. The molecule has 0 saturated carbocycles. The number of hydrogen-bond acceptors (Lipinski definition) is 4. The molecular weight excluding hydrogens is 236 g/mol. The van der Waals surface area contributed by atoms with Gasteiger partial charge < -0.3 is 5.73 Å². The van der Waals surface area contributed by atoms with Crippen molar-refractivity contribution < 1.29 is 0 Å². The van der Waals surface area contributed by atoms with E-state index in [1.54, 1.807) is 36.8 Å². The summed E-state index contributed by atoms with van der Waals surface area (Å²) in [5, 5.41) is 0. The molecule has 4 heteroatoms. The van der Waals surface area contributed by atoms with Crippen molar-refractivity contribution in [2.75, 3.05) is 5.73 Å². The largest absolute Gasteiger partial charge is 0.382 e. The molecule has 2 rings (SSSR count). The number of nitrogen functional groups attached to an aromatic ring is 1. The summed E-state index contributed by atoms with van der Waals surface area (Å²) in [4.78, 5) is 12.8. The molecule has 0 aliphatic heterocycles. The predicted molar refractivity (Wildman–Crippen MR) is 78.0 cm³/mol. The van der Waals surface area contributed by atoms with Crippen LogP contribution < -0.4 is 5.73 Å². The fourth-order valence-electron chi connectivity index (χ4n) is 1.63. The van der Waals surface area contributed by atoms with E-state index < -0.39 is 0 Å². The fourth-order valence-corrected chi connectivity index (χ4v) is 1.63. The minimum absolute atomic E-state index is 0.362. The lowest BCUT2D eigenvalue weighted by molar-refractivity contribution is 1.18. The highest BCUT2D eigenvalue weighted by atomic mass is 14.9. The van der Waals surface area contributed by atoms with Crippen LogP contribution >= 0.6 is 0 Å². The Balaban J connectivity index is 2.54. The fraction of sp³-hybridized carbons (Fsp3) is 0. The number of allylic oxidation sites excluding steroid dienone is 4. The minimum Gasteiger partial charge on any atom is -0.382 e. The number of nitrogens with two attached hydrogens (primary N) is 1. The van der Waals surface area contributed by atoms with E-state index in [-0.39, 0.29) is 0 Å². The number of anilines is 1. The normalized spacial score (nSPS) is 11.1. The van der Waals surface area contributed by atoms with Crippen LogP contribution in [0.15, 0.2) is 62.1 Å². The van der Waals surface area contributed by atoms with Crippen molar-refractivity contribution in [2.45, 2.75) is 0 Å². The summed E-state index contributed by atoms with van der Waals surface area (Å²) in [6, 6.07) is 3.77. The van der Waals surface area contributed by atoms with Gasteiger partial charge in [-0.05, 0) is 12.1 Å². The first-order valence-electron chi connectivity index (χ1n) is 5.74. The summed E-state index contributed by atoms with van der Waals surface area (Å²) < 4.78 is 0. The Labute approximate surface area is 112 Å². The average Bonchev–Trinajstić information content (AvgIpc) is 2.46. The minimum atomic E-state index is 0.362. The van der Waals surface area contributed by atoms with Crippen LogP contribution in [0.1, 0.15) is 5.69 Å². The number of hydrogen-bond donors (Lipinski definition) is 1. The van der Waals surface area contributed by atoms with Crippen LogP contribution in [0.3, 0.4) is 0 Å². The Morgan fingerprint density at radius 3 is 2.74 bits per heavy atom. The molecule has 0 saturated heterocycles. The first-order chi connectivity index (χ1) is 9.26. The van der Waals surface area contributed by atoms with E-state index in [4.69, 9.17) is 5.73 Å². The molecule has 0 aromatic carbocycles. The lowest BCUT2D eigenvalue weighted by Gasteiger charge is -2.07. The second-order valence-electron chi connectivity index (χ2n) is 3.79. The van der Waals surface area contributed by atoms with Gasteiger partial charge in [-0.1, -0.05) is 31.4 Å². The molecule has 19 heavy (non-hydrogen) atoms. The zero-order valence-electron chi connectivity index (χ0n) is 10.5. The molecule has 0 spiro atoms. The Bertz CT molecular complexity index is 630. The summed E-state index contributed by atoms with van der Waals surface area (Å²) in [5.41, 5.74) is 8.84. The quantitative estimate of drug-likeness (QED) is 0.847. The highest BCUT2D eigenvalue weighted by Crippen LogP contribution is 2.22. The molecule has 94 valence electrons. The third kappa shape index (κ3) is 2.74. The summed E-state index contributed by atoms with van der Waals surface area (Å²) >= 11 is 0. The van der Waals surface area contributed by atoms with Gasteiger partial charge in [0.15, 0.2) is 0 Å². The van der Waals surface area contributed by atoms with Gasteiger partial charge in [0.05, 0.1) is 11.9 Å². The van der Waals surface area contributed by atoms with Gasteiger partial charge in [-0.25, -0.2) is 9.97 Å². The first-order valence-corrected chi connectivity index (χ1v) is 5.74. The Hall–Kier alpha value is -2.75. The van der Waals surface area contributed by atoms with E-state index in [1.165, 1.54) is 0 Å². The van der Waals surface area contributed by atoms with Gasteiger partial charge in [0, 0.05) is 23.5 Å². The van der Waals surface area contributed by atoms with Crippen molar-refractivity contribution in [3.05, 3.63) is 67.8 Å². The molecule has 2 N–H and O–H groups in total. The third-order valence-electron chi connectivity index (χ3n) is 2.55. The molecule has 2 heterocycles. The average molecular weight is 250 g/mol. The number of rotatable bonds is 4. The Morgan fingerprint density at radius 2 is 2.11 bits per heavy atom.